The zero-order valence-corrected chi connectivity index (χ0v) is 9.34. The Labute approximate surface area is 87.1 Å². The molecule has 0 unspecified atom stereocenters. The van der Waals surface area contributed by atoms with Crippen molar-refractivity contribution in [2.45, 2.75) is 39.5 Å². The molecule has 0 radical (unpaired) electrons. The quantitative estimate of drug-likeness (QED) is 0.505. The van der Waals surface area contributed by atoms with Gasteiger partial charge >= 0.3 is 0 Å². The molecular formula is C14H20. The van der Waals surface area contributed by atoms with Gasteiger partial charge in [-0.15, -0.1) is 0 Å². The fourth-order valence-corrected chi connectivity index (χ4v) is 4.06. The predicted molar refractivity (Wildman–Crippen MR) is 59.9 cm³/mol. The molecule has 0 heteroatoms. The molecule has 0 nitrogen and oxygen atoms in total. The molecule has 0 aromatic carbocycles. The Kier molecular flexibility index (Phi) is 1.59. The Bertz CT molecular complexity index is 323. The summed E-state index contributed by atoms with van der Waals surface area (Å²) < 4.78 is 0. The van der Waals surface area contributed by atoms with Crippen molar-refractivity contribution in [2.75, 3.05) is 0 Å². The lowest BCUT2D eigenvalue weighted by atomic mass is 9.60. The van der Waals surface area contributed by atoms with Gasteiger partial charge in [-0.05, 0) is 48.9 Å². The number of hydrogen-bond donors (Lipinski definition) is 0. The Morgan fingerprint density at radius 2 is 2.21 bits per heavy atom. The topological polar surface area (TPSA) is 0 Å². The third-order valence-corrected chi connectivity index (χ3v) is 5.25. The third-order valence-electron chi connectivity index (χ3n) is 5.25. The Morgan fingerprint density at radius 3 is 3.00 bits per heavy atom. The van der Waals surface area contributed by atoms with Crippen molar-refractivity contribution in [3.05, 3.63) is 23.8 Å². The number of rotatable bonds is 0. The molecule has 0 aromatic heterocycles. The van der Waals surface area contributed by atoms with E-state index in [1.807, 2.05) is 0 Å². The Balaban J connectivity index is 2.05. The van der Waals surface area contributed by atoms with E-state index in [-0.39, 0.29) is 0 Å². The van der Waals surface area contributed by atoms with Gasteiger partial charge in [-0.25, -0.2) is 0 Å². The fraction of sp³-hybridized carbons (Fsp3) is 0.714. The van der Waals surface area contributed by atoms with Crippen LogP contribution in [0, 0.1) is 23.2 Å². The van der Waals surface area contributed by atoms with Gasteiger partial charge in [0.2, 0.25) is 0 Å². The highest BCUT2D eigenvalue weighted by molar-refractivity contribution is 5.40. The molecule has 0 amide bonds. The summed E-state index contributed by atoms with van der Waals surface area (Å²) in [5, 5.41) is 0. The normalized spacial score (nSPS) is 50.6. The largest absolute Gasteiger partial charge is 0.0992 e. The Morgan fingerprint density at radius 1 is 1.43 bits per heavy atom. The molecule has 2 fully saturated rings. The van der Waals surface area contributed by atoms with Gasteiger partial charge in [0.1, 0.15) is 0 Å². The van der Waals surface area contributed by atoms with E-state index in [1.165, 1.54) is 25.7 Å². The molecule has 0 aliphatic heterocycles. The van der Waals surface area contributed by atoms with Crippen LogP contribution < -0.4 is 0 Å². The molecule has 76 valence electrons. The van der Waals surface area contributed by atoms with E-state index in [0.29, 0.717) is 5.41 Å². The van der Waals surface area contributed by atoms with Crippen molar-refractivity contribution in [1.82, 2.24) is 0 Å². The number of hydrogen-bond acceptors (Lipinski definition) is 0. The van der Waals surface area contributed by atoms with Crippen LogP contribution in [0.15, 0.2) is 23.8 Å². The highest BCUT2D eigenvalue weighted by Gasteiger charge is 2.59. The maximum Gasteiger partial charge on any atom is -0.00195 e. The van der Waals surface area contributed by atoms with Crippen LogP contribution in [0.4, 0.5) is 0 Å². The van der Waals surface area contributed by atoms with E-state index in [0.717, 1.165) is 17.8 Å². The summed E-state index contributed by atoms with van der Waals surface area (Å²) in [4.78, 5) is 0. The van der Waals surface area contributed by atoms with Crippen LogP contribution in [0.25, 0.3) is 0 Å². The van der Waals surface area contributed by atoms with Crippen LogP contribution in [0.5, 0.6) is 0 Å². The lowest BCUT2D eigenvalue weighted by molar-refractivity contribution is 0.161. The van der Waals surface area contributed by atoms with Gasteiger partial charge in [0.05, 0.1) is 0 Å². The van der Waals surface area contributed by atoms with Crippen molar-refractivity contribution in [3.8, 4) is 0 Å². The van der Waals surface area contributed by atoms with Crippen molar-refractivity contribution in [2.24, 2.45) is 23.2 Å². The van der Waals surface area contributed by atoms with Gasteiger partial charge in [-0.1, -0.05) is 37.6 Å². The summed E-state index contributed by atoms with van der Waals surface area (Å²) in [6.07, 6.45) is 7.97. The summed E-state index contributed by atoms with van der Waals surface area (Å²) >= 11 is 0. The summed E-state index contributed by atoms with van der Waals surface area (Å²) in [6.45, 7) is 9.20. The smallest absolute Gasteiger partial charge is 0.00195 e. The zero-order chi connectivity index (χ0) is 9.92. The average Bonchev–Trinajstić information content (AvgIpc) is 2.81. The summed E-state index contributed by atoms with van der Waals surface area (Å²) in [7, 11) is 0. The van der Waals surface area contributed by atoms with E-state index in [2.05, 4.69) is 26.5 Å². The monoisotopic (exact) mass is 188 g/mol. The maximum absolute atomic E-state index is 4.25. The molecule has 14 heavy (non-hydrogen) atoms. The summed E-state index contributed by atoms with van der Waals surface area (Å²) in [5.74, 6) is 2.60. The molecule has 2 saturated carbocycles. The van der Waals surface area contributed by atoms with Crippen molar-refractivity contribution in [3.63, 3.8) is 0 Å². The first kappa shape index (κ1) is 8.76. The van der Waals surface area contributed by atoms with Crippen molar-refractivity contribution in [1.29, 1.82) is 0 Å². The van der Waals surface area contributed by atoms with E-state index in [1.54, 1.807) is 11.1 Å². The third kappa shape index (κ3) is 0.852. The summed E-state index contributed by atoms with van der Waals surface area (Å²) in [5.41, 5.74) is 3.82. The molecule has 3 rings (SSSR count). The van der Waals surface area contributed by atoms with Crippen LogP contribution in [0.1, 0.15) is 39.5 Å². The lowest BCUT2D eigenvalue weighted by Crippen LogP contribution is -2.35. The van der Waals surface area contributed by atoms with Gasteiger partial charge < -0.3 is 0 Å². The highest BCUT2D eigenvalue weighted by atomic mass is 14.6. The summed E-state index contributed by atoms with van der Waals surface area (Å²) in [6, 6.07) is 0. The van der Waals surface area contributed by atoms with Gasteiger partial charge in [0.15, 0.2) is 0 Å². The van der Waals surface area contributed by atoms with Crippen molar-refractivity contribution < 1.29 is 0 Å². The van der Waals surface area contributed by atoms with Gasteiger partial charge in [-0.3, -0.25) is 0 Å². The van der Waals surface area contributed by atoms with Crippen molar-refractivity contribution >= 4 is 0 Å². The fourth-order valence-electron chi connectivity index (χ4n) is 4.06. The second-order valence-corrected chi connectivity index (χ2v) is 5.69. The van der Waals surface area contributed by atoms with Crippen LogP contribution >= 0.6 is 0 Å². The van der Waals surface area contributed by atoms with Gasteiger partial charge in [-0.2, -0.15) is 0 Å². The first-order valence-electron chi connectivity index (χ1n) is 6.04. The standard InChI is InChI=1S/C14H20/c1-9-5-4-6-11-7-8-12-10(2)13(12)14(9,11)3/h6,9,12-13H,2,4-5,7-8H2,1,3H3/t9-,12-,13+,14-/m1/s1. The maximum atomic E-state index is 4.25. The first-order chi connectivity index (χ1) is 6.65. The first-order valence-corrected chi connectivity index (χ1v) is 6.04. The SMILES string of the molecule is C=C1[C@H]2CCC3=CCC[C@@H](C)[C@@]3(C)[C@@H]12. The van der Waals surface area contributed by atoms with Gasteiger partial charge in [0.25, 0.3) is 0 Å². The van der Waals surface area contributed by atoms with E-state index in [9.17, 15) is 0 Å². The minimum atomic E-state index is 0.498. The molecule has 3 aliphatic carbocycles. The molecule has 0 saturated heterocycles. The van der Waals surface area contributed by atoms with E-state index < -0.39 is 0 Å². The minimum Gasteiger partial charge on any atom is -0.0992 e. The van der Waals surface area contributed by atoms with Gasteiger partial charge in [0, 0.05) is 0 Å². The molecule has 4 atom stereocenters. The molecule has 0 spiro atoms. The molecule has 0 bridgehead atoms. The lowest BCUT2D eigenvalue weighted by Gasteiger charge is -2.44. The molecule has 0 aromatic rings. The Hall–Kier alpha value is -0.520. The molecule has 0 N–H and O–H groups in total. The number of fused-ring (bicyclic) bond motifs is 3. The van der Waals surface area contributed by atoms with Crippen LogP contribution in [-0.4, -0.2) is 0 Å². The molecular weight excluding hydrogens is 168 g/mol. The second-order valence-electron chi connectivity index (χ2n) is 5.69. The number of allylic oxidation sites excluding steroid dienone is 3. The van der Waals surface area contributed by atoms with Crippen LogP contribution in [-0.2, 0) is 0 Å². The minimum absolute atomic E-state index is 0.498. The van der Waals surface area contributed by atoms with Crippen LogP contribution in [0.2, 0.25) is 0 Å². The molecule has 0 heterocycles. The van der Waals surface area contributed by atoms with Crippen LogP contribution in [0.3, 0.4) is 0 Å². The highest BCUT2D eigenvalue weighted by Crippen LogP contribution is 2.68. The van der Waals surface area contributed by atoms with E-state index in [4.69, 9.17) is 0 Å². The zero-order valence-electron chi connectivity index (χ0n) is 9.34. The molecule has 3 aliphatic rings. The predicted octanol–water partition coefficient (Wildman–Crippen LogP) is 3.95. The van der Waals surface area contributed by atoms with E-state index >= 15 is 0 Å². The second kappa shape index (κ2) is 2.53. The average molecular weight is 188 g/mol.